The Kier molecular flexibility index (Phi) is 5.96. The molecule has 8 heteroatoms. The lowest BCUT2D eigenvalue weighted by Gasteiger charge is -2.07. The topological polar surface area (TPSA) is 92.9 Å². The molecule has 0 unspecified atom stereocenters. The Bertz CT molecular complexity index is 1280. The molecule has 33 heavy (non-hydrogen) atoms. The first-order valence-electron chi connectivity index (χ1n) is 11.2. The number of aromatic hydroxyl groups is 1. The maximum Gasteiger partial charge on any atom is 0.258 e. The summed E-state index contributed by atoms with van der Waals surface area (Å²) in [5, 5.41) is 18.3. The van der Waals surface area contributed by atoms with Crippen LogP contribution < -0.4 is 5.32 Å². The van der Waals surface area contributed by atoms with Crippen LogP contribution in [0, 0.1) is 5.92 Å². The molecule has 5 rings (SSSR count). The van der Waals surface area contributed by atoms with E-state index in [0.29, 0.717) is 39.7 Å². The molecule has 1 amide bonds. The number of nitrogens with one attached hydrogen (secondary N) is 1. The van der Waals surface area contributed by atoms with Crippen LogP contribution in [0.15, 0.2) is 54.9 Å². The summed E-state index contributed by atoms with van der Waals surface area (Å²) in [6, 6.07) is 12.0. The van der Waals surface area contributed by atoms with E-state index in [1.165, 1.54) is 25.5 Å². The van der Waals surface area contributed by atoms with Gasteiger partial charge in [0.25, 0.3) is 5.91 Å². The van der Waals surface area contributed by atoms with Gasteiger partial charge in [-0.1, -0.05) is 37.3 Å². The molecule has 1 aromatic carbocycles. The molecule has 0 saturated heterocycles. The average Bonchev–Trinajstić information content (AvgIpc) is 3.60. The van der Waals surface area contributed by atoms with E-state index in [1.54, 1.807) is 48.7 Å². The standard InChI is InChI=1S/C25H24ClN5O2/c26-21-14-20-23(29-25(33)18-5-3-12-27-15-18)30-31(13-2-1-4-16-6-7-16)24(20)28-22(21)17-8-10-19(32)11-9-17/h3,5,8-12,14-16,32H,1-2,4,6-7,13H2,(H,29,30,33). The van der Waals surface area contributed by atoms with E-state index in [1.807, 2.05) is 4.68 Å². The largest absolute Gasteiger partial charge is 0.508 e. The second-order valence-electron chi connectivity index (χ2n) is 8.44. The highest BCUT2D eigenvalue weighted by Crippen LogP contribution is 2.35. The Hall–Kier alpha value is -3.45. The molecule has 0 aliphatic heterocycles. The number of carbonyl (C=O) groups is 1. The molecule has 3 aromatic heterocycles. The number of aryl methyl sites for hydroxylation is 1. The summed E-state index contributed by atoms with van der Waals surface area (Å²) in [5.41, 5.74) is 2.51. The van der Waals surface area contributed by atoms with Gasteiger partial charge in [-0.2, -0.15) is 5.10 Å². The normalized spacial score (nSPS) is 13.4. The van der Waals surface area contributed by atoms with E-state index >= 15 is 0 Å². The molecule has 3 heterocycles. The smallest absolute Gasteiger partial charge is 0.258 e. The molecular weight excluding hydrogens is 438 g/mol. The predicted molar refractivity (Wildman–Crippen MR) is 128 cm³/mol. The zero-order chi connectivity index (χ0) is 22.8. The van der Waals surface area contributed by atoms with E-state index in [0.717, 1.165) is 24.3 Å². The van der Waals surface area contributed by atoms with Gasteiger partial charge in [-0.3, -0.25) is 9.78 Å². The fourth-order valence-electron chi connectivity index (χ4n) is 3.92. The van der Waals surface area contributed by atoms with E-state index in [9.17, 15) is 9.90 Å². The molecule has 0 spiro atoms. The molecule has 1 fully saturated rings. The summed E-state index contributed by atoms with van der Waals surface area (Å²) in [6.07, 6.45) is 9.22. The number of unbranched alkanes of at least 4 members (excludes halogenated alkanes) is 1. The molecule has 168 valence electrons. The zero-order valence-corrected chi connectivity index (χ0v) is 18.8. The van der Waals surface area contributed by atoms with Crippen LogP contribution in [0.3, 0.4) is 0 Å². The van der Waals surface area contributed by atoms with Gasteiger partial charge in [-0.25, -0.2) is 9.67 Å². The number of carbonyl (C=O) groups excluding carboxylic acids is 1. The molecule has 1 aliphatic rings. The van der Waals surface area contributed by atoms with Crippen molar-refractivity contribution in [3.05, 3.63) is 65.4 Å². The van der Waals surface area contributed by atoms with Crippen molar-refractivity contribution in [2.24, 2.45) is 5.92 Å². The number of hydrogen-bond donors (Lipinski definition) is 2. The van der Waals surface area contributed by atoms with Gasteiger partial charge in [0, 0.05) is 24.5 Å². The summed E-state index contributed by atoms with van der Waals surface area (Å²) in [5.74, 6) is 1.21. The highest BCUT2D eigenvalue weighted by atomic mass is 35.5. The maximum atomic E-state index is 12.7. The lowest BCUT2D eigenvalue weighted by molar-refractivity contribution is 0.102. The highest BCUT2D eigenvalue weighted by molar-refractivity contribution is 6.34. The minimum atomic E-state index is -0.290. The summed E-state index contributed by atoms with van der Waals surface area (Å²) >= 11 is 6.60. The number of halogens is 1. The van der Waals surface area contributed by atoms with Gasteiger partial charge >= 0.3 is 0 Å². The lowest BCUT2D eigenvalue weighted by Crippen LogP contribution is -2.13. The zero-order valence-electron chi connectivity index (χ0n) is 18.0. The van der Waals surface area contributed by atoms with Crippen molar-refractivity contribution >= 4 is 34.4 Å². The number of phenolic OH excluding ortho intramolecular Hbond substituents is 1. The Morgan fingerprint density at radius 3 is 2.73 bits per heavy atom. The van der Waals surface area contributed by atoms with Gasteiger partial charge < -0.3 is 10.4 Å². The average molecular weight is 462 g/mol. The van der Waals surface area contributed by atoms with Crippen molar-refractivity contribution in [2.45, 2.75) is 38.6 Å². The second-order valence-corrected chi connectivity index (χ2v) is 8.85. The Balaban J connectivity index is 1.49. The Morgan fingerprint density at radius 1 is 1.18 bits per heavy atom. The fourth-order valence-corrected chi connectivity index (χ4v) is 4.18. The minimum Gasteiger partial charge on any atom is -0.508 e. The molecule has 7 nitrogen and oxygen atoms in total. The van der Waals surface area contributed by atoms with Gasteiger partial charge in [0.05, 0.1) is 21.7 Å². The van der Waals surface area contributed by atoms with Crippen LogP contribution in [0.25, 0.3) is 22.3 Å². The number of anilines is 1. The third-order valence-corrected chi connectivity index (χ3v) is 6.19. The molecule has 1 aliphatic carbocycles. The molecular formula is C25H24ClN5O2. The molecule has 0 bridgehead atoms. The van der Waals surface area contributed by atoms with E-state index < -0.39 is 0 Å². The molecule has 1 saturated carbocycles. The summed E-state index contributed by atoms with van der Waals surface area (Å²) in [6.45, 7) is 0.704. The summed E-state index contributed by atoms with van der Waals surface area (Å²) < 4.78 is 1.85. The highest BCUT2D eigenvalue weighted by Gasteiger charge is 2.21. The number of amides is 1. The maximum absolute atomic E-state index is 12.7. The quantitative estimate of drug-likeness (QED) is 0.329. The minimum absolute atomic E-state index is 0.178. The van der Waals surface area contributed by atoms with Crippen LogP contribution in [0.1, 0.15) is 42.5 Å². The van der Waals surface area contributed by atoms with Crippen LogP contribution >= 0.6 is 11.6 Å². The summed E-state index contributed by atoms with van der Waals surface area (Å²) in [7, 11) is 0. The van der Waals surface area contributed by atoms with Crippen LogP contribution in [0.5, 0.6) is 5.75 Å². The van der Waals surface area contributed by atoms with Crippen molar-refractivity contribution in [1.82, 2.24) is 19.7 Å². The van der Waals surface area contributed by atoms with Crippen molar-refractivity contribution in [2.75, 3.05) is 5.32 Å². The number of benzene rings is 1. The van der Waals surface area contributed by atoms with Crippen LogP contribution in [-0.4, -0.2) is 30.8 Å². The number of hydrogen-bond acceptors (Lipinski definition) is 5. The third kappa shape index (κ3) is 4.83. The first-order chi connectivity index (χ1) is 16.1. The SMILES string of the molecule is O=C(Nc1nn(CCCCC2CC2)c2nc(-c3ccc(O)cc3)c(Cl)cc12)c1cccnc1. The van der Waals surface area contributed by atoms with E-state index in [4.69, 9.17) is 16.6 Å². The predicted octanol–water partition coefficient (Wildman–Crippen LogP) is 5.68. The van der Waals surface area contributed by atoms with Gasteiger partial charge in [0.1, 0.15) is 5.75 Å². The molecule has 2 N–H and O–H groups in total. The second kappa shape index (κ2) is 9.19. The number of nitrogens with zero attached hydrogens (tertiary/aromatic N) is 4. The number of phenols is 1. The van der Waals surface area contributed by atoms with Gasteiger partial charge in [-0.15, -0.1) is 0 Å². The molecule has 4 aromatic rings. The third-order valence-electron chi connectivity index (χ3n) is 5.90. The fraction of sp³-hybridized carbons (Fsp3) is 0.280. The van der Waals surface area contributed by atoms with Crippen molar-refractivity contribution in [1.29, 1.82) is 0 Å². The molecule has 0 atom stereocenters. The Labute approximate surface area is 196 Å². The van der Waals surface area contributed by atoms with Crippen LogP contribution in [0.2, 0.25) is 5.02 Å². The number of aromatic nitrogens is 4. The van der Waals surface area contributed by atoms with E-state index in [2.05, 4.69) is 15.4 Å². The van der Waals surface area contributed by atoms with Gasteiger partial charge in [0.2, 0.25) is 0 Å². The number of fused-ring (bicyclic) bond motifs is 1. The number of rotatable bonds is 8. The number of pyridine rings is 2. The Morgan fingerprint density at radius 2 is 2.00 bits per heavy atom. The first kappa shape index (κ1) is 21.4. The monoisotopic (exact) mass is 461 g/mol. The van der Waals surface area contributed by atoms with Crippen molar-refractivity contribution in [3.63, 3.8) is 0 Å². The summed E-state index contributed by atoms with van der Waals surface area (Å²) in [4.78, 5) is 21.6. The molecule has 0 radical (unpaired) electrons. The van der Waals surface area contributed by atoms with Crippen LogP contribution in [-0.2, 0) is 6.54 Å². The first-order valence-corrected chi connectivity index (χ1v) is 11.5. The van der Waals surface area contributed by atoms with Gasteiger partial charge in [0.15, 0.2) is 11.5 Å². The van der Waals surface area contributed by atoms with Gasteiger partial charge in [-0.05, 0) is 54.8 Å². The van der Waals surface area contributed by atoms with E-state index in [-0.39, 0.29) is 11.7 Å². The van der Waals surface area contributed by atoms with Crippen molar-refractivity contribution in [3.8, 4) is 17.0 Å². The lowest BCUT2D eigenvalue weighted by atomic mass is 10.1. The van der Waals surface area contributed by atoms with Crippen LogP contribution in [0.4, 0.5) is 5.82 Å². The van der Waals surface area contributed by atoms with Crippen molar-refractivity contribution < 1.29 is 9.90 Å².